The molecule has 0 saturated carbocycles. The van der Waals surface area contributed by atoms with Gasteiger partial charge < -0.3 is 10.5 Å². The van der Waals surface area contributed by atoms with Crippen molar-refractivity contribution in [2.24, 2.45) is 5.92 Å². The van der Waals surface area contributed by atoms with Crippen molar-refractivity contribution in [1.29, 1.82) is 0 Å². The molecule has 1 aliphatic rings. The molecule has 1 heterocycles. The van der Waals surface area contributed by atoms with E-state index in [1.54, 1.807) is 0 Å². The lowest BCUT2D eigenvalue weighted by atomic mass is 10.0. The Hall–Kier alpha value is -0.820. The third kappa shape index (κ3) is 3.44. The average molecular weight is 319 g/mol. The van der Waals surface area contributed by atoms with E-state index in [4.69, 9.17) is 22.1 Å². The van der Waals surface area contributed by atoms with Crippen LogP contribution in [0.5, 0.6) is 0 Å². The minimum atomic E-state index is -3.56. The molecule has 0 aliphatic carbocycles. The molecule has 0 radical (unpaired) electrons. The van der Waals surface area contributed by atoms with Crippen molar-refractivity contribution in [3.63, 3.8) is 0 Å². The smallest absolute Gasteiger partial charge is 0.240 e. The van der Waals surface area contributed by atoms with Crippen LogP contribution in [-0.2, 0) is 14.8 Å². The lowest BCUT2D eigenvalue weighted by molar-refractivity contribution is 0.0884. The van der Waals surface area contributed by atoms with Crippen LogP contribution in [0.3, 0.4) is 0 Å². The SMILES string of the molecule is CCC1OCCC1CNS(=O)(=O)c1ccc(Cl)c(N)c1. The second-order valence-corrected chi connectivity index (χ2v) is 7.08. The number of anilines is 1. The van der Waals surface area contributed by atoms with E-state index in [2.05, 4.69) is 4.72 Å². The number of benzene rings is 1. The summed E-state index contributed by atoms with van der Waals surface area (Å²) in [5, 5.41) is 0.346. The molecule has 1 aromatic rings. The highest BCUT2D eigenvalue weighted by Gasteiger charge is 2.28. The van der Waals surface area contributed by atoms with Gasteiger partial charge in [0.25, 0.3) is 0 Å². The van der Waals surface area contributed by atoms with E-state index in [-0.39, 0.29) is 22.6 Å². The first kappa shape index (κ1) is 15.6. The molecule has 1 fully saturated rings. The standard InChI is InChI=1S/C13H19ClN2O3S/c1-2-13-9(5-6-19-13)8-16-20(17,18)10-3-4-11(14)12(15)7-10/h3-4,7,9,13,16H,2,5-6,8,15H2,1H3. The van der Waals surface area contributed by atoms with Gasteiger partial charge in [0.05, 0.1) is 21.7 Å². The van der Waals surface area contributed by atoms with Crippen molar-refractivity contribution >= 4 is 27.3 Å². The van der Waals surface area contributed by atoms with Crippen LogP contribution in [-0.4, -0.2) is 27.7 Å². The zero-order valence-corrected chi connectivity index (χ0v) is 12.9. The topological polar surface area (TPSA) is 81.4 Å². The van der Waals surface area contributed by atoms with Crippen LogP contribution < -0.4 is 10.5 Å². The van der Waals surface area contributed by atoms with E-state index >= 15 is 0 Å². The lowest BCUT2D eigenvalue weighted by Crippen LogP contribution is -2.32. The minimum Gasteiger partial charge on any atom is -0.397 e. The third-order valence-electron chi connectivity index (χ3n) is 3.56. The monoisotopic (exact) mass is 318 g/mol. The summed E-state index contributed by atoms with van der Waals surface area (Å²) in [6, 6.07) is 4.30. The number of halogens is 1. The van der Waals surface area contributed by atoms with Crippen LogP contribution in [0.25, 0.3) is 0 Å². The first-order valence-corrected chi connectivity index (χ1v) is 8.46. The van der Waals surface area contributed by atoms with Crippen molar-refractivity contribution in [3.8, 4) is 0 Å². The molecule has 112 valence electrons. The van der Waals surface area contributed by atoms with Crippen LogP contribution in [0.2, 0.25) is 5.02 Å². The Bertz CT molecular complexity index is 577. The molecule has 3 N–H and O–H groups in total. The van der Waals surface area contributed by atoms with Gasteiger partial charge in [-0.1, -0.05) is 18.5 Å². The van der Waals surface area contributed by atoms with Gasteiger partial charge in [0.1, 0.15) is 0 Å². The number of nitrogens with one attached hydrogen (secondary N) is 1. The summed E-state index contributed by atoms with van der Waals surface area (Å²) in [4.78, 5) is 0.131. The largest absolute Gasteiger partial charge is 0.397 e. The molecule has 0 aromatic heterocycles. The number of sulfonamides is 1. The molecule has 0 bridgehead atoms. The van der Waals surface area contributed by atoms with Crippen LogP contribution in [0, 0.1) is 5.92 Å². The minimum absolute atomic E-state index is 0.131. The van der Waals surface area contributed by atoms with Crippen LogP contribution in [0.4, 0.5) is 5.69 Å². The Morgan fingerprint density at radius 1 is 1.50 bits per heavy atom. The second-order valence-electron chi connectivity index (χ2n) is 4.90. The van der Waals surface area contributed by atoms with Gasteiger partial charge >= 0.3 is 0 Å². The summed E-state index contributed by atoms with van der Waals surface area (Å²) in [6.07, 6.45) is 1.90. The molecular formula is C13H19ClN2O3S. The molecule has 20 heavy (non-hydrogen) atoms. The molecular weight excluding hydrogens is 300 g/mol. The van der Waals surface area contributed by atoms with E-state index in [0.717, 1.165) is 12.8 Å². The van der Waals surface area contributed by atoms with E-state index in [1.165, 1.54) is 18.2 Å². The van der Waals surface area contributed by atoms with Gasteiger partial charge in [-0.3, -0.25) is 0 Å². The van der Waals surface area contributed by atoms with Crippen molar-refractivity contribution in [2.45, 2.75) is 30.8 Å². The number of rotatable bonds is 5. The Kier molecular flexibility index (Phi) is 4.90. The van der Waals surface area contributed by atoms with E-state index in [9.17, 15) is 8.42 Å². The van der Waals surface area contributed by atoms with Gasteiger partial charge in [0.2, 0.25) is 10.0 Å². The first-order valence-electron chi connectivity index (χ1n) is 6.60. The second kappa shape index (κ2) is 6.30. The van der Waals surface area contributed by atoms with Crippen molar-refractivity contribution in [1.82, 2.24) is 4.72 Å². The van der Waals surface area contributed by atoms with Gasteiger partial charge in [-0.25, -0.2) is 13.1 Å². The molecule has 0 spiro atoms. The fourth-order valence-electron chi connectivity index (χ4n) is 2.37. The third-order valence-corrected chi connectivity index (χ3v) is 5.33. The molecule has 0 amide bonds. The lowest BCUT2D eigenvalue weighted by Gasteiger charge is -2.17. The highest BCUT2D eigenvalue weighted by molar-refractivity contribution is 7.89. The molecule has 1 saturated heterocycles. The maximum absolute atomic E-state index is 12.2. The zero-order chi connectivity index (χ0) is 14.8. The average Bonchev–Trinajstić information content (AvgIpc) is 2.87. The van der Waals surface area contributed by atoms with Gasteiger partial charge in [-0.2, -0.15) is 0 Å². The molecule has 2 rings (SSSR count). The van der Waals surface area contributed by atoms with E-state index < -0.39 is 10.0 Å². The fraction of sp³-hybridized carbons (Fsp3) is 0.538. The Balaban J connectivity index is 2.05. The van der Waals surface area contributed by atoms with E-state index in [0.29, 0.717) is 18.2 Å². The fourth-order valence-corrected chi connectivity index (χ4v) is 3.61. The highest BCUT2D eigenvalue weighted by atomic mass is 35.5. The summed E-state index contributed by atoms with van der Waals surface area (Å²) >= 11 is 5.79. The van der Waals surface area contributed by atoms with Crippen LogP contribution in [0.15, 0.2) is 23.1 Å². The molecule has 1 aliphatic heterocycles. The molecule has 2 atom stereocenters. The summed E-state index contributed by atoms with van der Waals surface area (Å²) in [7, 11) is -3.56. The predicted molar refractivity (Wildman–Crippen MR) is 79.2 cm³/mol. The maximum Gasteiger partial charge on any atom is 0.240 e. The summed E-state index contributed by atoms with van der Waals surface area (Å²) in [5.41, 5.74) is 5.89. The van der Waals surface area contributed by atoms with Gasteiger partial charge in [-0.05, 0) is 31.0 Å². The normalized spacial score (nSPS) is 23.1. The summed E-state index contributed by atoms with van der Waals surface area (Å²) in [6.45, 7) is 3.11. The Morgan fingerprint density at radius 2 is 2.25 bits per heavy atom. The van der Waals surface area contributed by atoms with Crippen molar-refractivity contribution in [3.05, 3.63) is 23.2 Å². The van der Waals surface area contributed by atoms with Crippen LogP contribution in [0.1, 0.15) is 19.8 Å². The molecule has 5 nitrogen and oxygen atoms in total. The predicted octanol–water partition coefficient (Wildman–Crippen LogP) is 2.02. The zero-order valence-electron chi connectivity index (χ0n) is 11.3. The van der Waals surface area contributed by atoms with Gasteiger partial charge in [-0.15, -0.1) is 0 Å². The van der Waals surface area contributed by atoms with E-state index in [1.807, 2.05) is 6.92 Å². The summed E-state index contributed by atoms with van der Waals surface area (Å²) in [5.74, 6) is 0.222. The molecule has 2 unspecified atom stereocenters. The number of hydrogen-bond acceptors (Lipinski definition) is 4. The number of ether oxygens (including phenoxy) is 1. The highest BCUT2D eigenvalue weighted by Crippen LogP contribution is 2.24. The first-order chi connectivity index (χ1) is 9.44. The molecule has 7 heteroatoms. The van der Waals surface area contributed by atoms with Crippen molar-refractivity contribution < 1.29 is 13.2 Å². The number of nitrogens with two attached hydrogens (primary N) is 1. The molecule has 1 aromatic carbocycles. The summed E-state index contributed by atoms with van der Waals surface area (Å²) < 4.78 is 32.6. The number of nitrogen functional groups attached to an aromatic ring is 1. The van der Waals surface area contributed by atoms with Gasteiger partial charge in [0.15, 0.2) is 0 Å². The van der Waals surface area contributed by atoms with Gasteiger partial charge in [0, 0.05) is 19.1 Å². The quantitative estimate of drug-likeness (QED) is 0.814. The van der Waals surface area contributed by atoms with Crippen LogP contribution >= 0.6 is 11.6 Å². The number of hydrogen-bond donors (Lipinski definition) is 2. The Morgan fingerprint density at radius 3 is 2.90 bits per heavy atom. The maximum atomic E-state index is 12.2. The Labute approximate surface area is 124 Å². The van der Waals surface area contributed by atoms with Crippen molar-refractivity contribution in [2.75, 3.05) is 18.9 Å².